The molecule has 0 aromatic carbocycles. The molecule has 24 heavy (non-hydrogen) atoms. The first-order valence-electron chi connectivity index (χ1n) is 8.01. The van der Waals surface area contributed by atoms with Crippen LogP contribution < -0.4 is 5.73 Å². The molecule has 0 aliphatic carbocycles. The van der Waals surface area contributed by atoms with E-state index in [0.717, 1.165) is 12.2 Å². The zero-order valence-corrected chi connectivity index (χ0v) is 14.6. The maximum atomic E-state index is 10.4. The van der Waals surface area contributed by atoms with Gasteiger partial charge in [0.05, 0.1) is 12.4 Å². The Balaban J connectivity index is 1.71. The number of rotatable bonds is 6. The quantitative estimate of drug-likeness (QED) is 0.653. The van der Waals surface area contributed by atoms with Crippen LogP contribution in [0.2, 0.25) is 0 Å². The van der Waals surface area contributed by atoms with Crippen LogP contribution in [-0.2, 0) is 4.74 Å². The monoisotopic (exact) mass is 353 g/mol. The first-order valence-corrected chi connectivity index (χ1v) is 9.17. The second kappa shape index (κ2) is 7.22. The second-order valence-electron chi connectivity index (χ2n) is 6.39. The first-order chi connectivity index (χ1) is 11.5. The largest absolute Gasteiger partial charge is 0.387 e. The van der Waals surface area contributed by atoms with E-state index in [2.05, 4.69) is 28.8 Å². The van der Waals surface area contributed by atoms with E-state index in [4.69, 9.17) is 10.5 Å². The van der Waals surface area contributed by atoms with Crippen molar-refractivity contribution >= 4 is 28.7 Å². The molecule has 4 atom stereocenters. The minimum Gasteiger partial charge on any atom is -0.387 e. The maximum Gasteiger partial charge on any atom is 0.167 e. The van der Waals surface area contributed by atoms with Gasteiger partial charge in [0.1, 0.15) is 24.1 Å². The van der Waals surface area contributed by atoms with E-state index in [1.54, 1.807) is 16.3 Å². The average Bonchev–Trinajstić information content (AvgIpc) is 3.08. The number of imidazole rings is 1. The molecule has 0 spiro atoms. The molecule has 0 amide bonds. The number of anilines is 1. The summed E-state index contributed by atoms with van der Waals surface area (Å²) in [7, 11) is 0. The van der Waals surface area contributed by atoms with Crippen LogP contribution in [0.15, 0.2) is 12.7 Å². The zero-order chi connectivity index (χ0) is 17.3. The first kappa shape index (κ1) is 17.4. The molecule has 3 heterocycles. The van der Waals surface area contributed by atoms with Gasteiger partial charge in [-0.2, -0.15) is 11.8 Å². The normalized spacial score (nSPS) is 27.4. The Bertz CT molecular complexity index is 695. The highest BCUT2D eigenvalue weighted by Gasteiger charge is 2.44. The summed E-state index contributed by atoms with van der Waals surface area (Å²) < 4.78 is 7.48. The highest BCUT2D eigenvalue weighted by atomic mass is 32.2. The van der Waals surface area contributed by atoms with Crippen molar-refractivity contribution in [3.05, 3.63) is 12.7 Å². The SMILES string of the molecule is CC(C)CCSC[C@H]1O[C@@H](n2cnc3c(N)ncnc32)[C@H](O)[C@@H]1O. The molecule has 2 aromatic heterocycles. The number of ether oxygens (including phenoxy) is 1. The van der Waals surface area contributed by atoms with Crippen molar-refractivity contribution in [3.8, 4) is 0 Å². The summed E-state index contributed by atoms with van der Waals surface area (Å²) in [5.41, 5.74) is 6.71. The summed E-state index contributed by atoms with van der Waals surface area (Å²) in [5.74, 6) is 2.55. The molecule has 1 saturated heterocycles. The number of aliphatic hydroxyl groups excluding tert-OH is 2. The molecule has 2 aromatic rings. The van der Waals surface area contributed by atoms with Crippen molar-refractivity contribution < 1.29 is 14.9 Å². The zero-order valence-electron chi connectivity index (χ0n) is 13.7. The highest BCUT2D eigenvalue weighted by molar-refractivity contribution is 7.99. The molecule has 0 unspecified atom stereocenters. The molecule has 0 saturated carbocycles. The molecule has 1 aliphatic rings. The van der Waals surface area contributed by atoms with Crippen LogP contribution in [-0.4, -0.2) is 59.5 Å². The standard InChI is InChI=1S/C15H23N5O3S/c1-8(2)3-4-24-5-9-11(21)12(22)15(23-9)20-7-19-10-13(16)17-6-18-14(10)20/h6-9,11-12,15,21-22H,3-5H2,1-2H3,(H2,16,17,18)/t9-,11-,12-,15-/m1/s1. The number of nitrogens with two attached hydrogens (primary N) is 1. The van der Waals surface area contributed by atoms with Gasteiger partial charge in [-0.05, 0) is 18.1 Å². The minimum atomic E-state index is -1.05. The van der Waals surface area contributed by atoms with E-state index in [9.17, 15) is 10.2 Å². The summed E-state index contributed by atoms with van der Waals surface area (Å²) >= 11 is 1.72. The van der Waals surface area contributed by atoms with Crippen LogP contribution >= 0.6 is 11.8 Å². The second-order valence-corrected chi connectivity index (χ2v) is 7.54. The Morgan fingerprint density at radius 1 is 1.29 bits per heavy atom. The molecule has 0 bridgehead atoms. The molecule has 9 heteroatoms. The third-order valence-corrected chi connectivity index (χ3v) is 5.21. The van der Waals surface area contributed by atoms with Crippen LogP contribution in [0.3, 0.4) is 0 Å². The topological polar surface area (TPSA) is 119 Å². The Kier molecular flexibility index (Phi) is 5.24. The Morgan fingerprint density at radius 2 is 2.08 bits per heavy atom. The van der Waals surface area contributed by atoms with Crippen molar-refractivity contribution in [1.82, 2.24) is 19.5 Å². The van der Waals surface area contributed by atoms with Crippen molar-refractivity contribution in [2.75, 3.05) is 17.2 Å². The van der Waals surface area contributed by atoms with E-state index < -0.39 is 24.5 Å². The number of fused-ring (bicyclic) bond motifs is 1. The van der Waals surface area contributed by atoms with Crippen LogP contribution in [0.5, 0.6) is 0 Å². The number of aromatic nitrogens is 4. The van der Waals surface area contributed by atoms with Gasteiger partial charge in [0.25, 0.3) is 0 Å². The van der Waals surface area contributed by atoms with Gasteiger partial charge in [0.2, 0.25) is 0 Å². The van der Waals surface area contributed by atoms with Gasteiger partial charge in [-0.3, -0.25) is 4.57 Å². The summed E-state index contributed by atoms with van der Waals surface area (Å²) in [5, 5.41) is 20.6. The van der Waals surface area contributed by atoms with Gasteiger partial charge in [-0.25, -0.2) is 15.0 Å². The van der Waals surface area contributed by atoms with E-state index in [1.165, 1.54) is 12.7 Å². The van der Waals surface area contributed by atoms with E-state index in [0.29, 0.717) is 22.8 Å². The highest BCUT2D eigenvalue weighted by Crippen LogP contribution is 2.33. The summed E-state index contributed by atoms with van der Waals surface area (Å²) in [6, 6.07) is 0. The van der Waals surface area contributed by atoms with Gasteiger partial charge in [-0.1, -0.05) is 13.8 Å². The molecule has 1 aliphatic heterocycles. The third kappa shape index (κ3) is 3.34. The van der Waals surface area contributed by atoms with Gasteiger partial charge in [-0.15, -0.1) is 0 Å². The third-order valence-electron chi connectivity index (χ3n) is 4.12. The lowest BCUT2D eigenvalue weighted by Gasteiger charge is -2.16. The fourth-order valence-corrected chi connectivity index (χ4v) is 3.98. The molecular formula is C15H23N5O3S. The number of nitrogen functional groups attached to an aromatic ring is 1. The van der Waals surface area contributed by atoms with Crippen LogP contribution in [0, 0.1) is 5.92 Å². The van der Waals surface area contributed by atoms with Gasteiger partial charge < -0.3 is 20.7 Å². The predicted octanol–water partition coefficient (Wildman–Crippen LogP) is 0.807. The number of hydrogen-bond acceptors (Lipinski definition) is 8. The molecule has 0 radical (unpaired) electrons. The Morgan fingerprint density at radius 3 is 2.83 bits per heavy atom. The lowest BCUT2D eigenvalue weighted by Crippen LogP contribution is -2.32. The fourth-order valence-electron chi connectivity index (χ4n) is 2.67. The molecule has 8 nitrogen and oxygen atoms in total. The average molecular weight is 353 g/mol. The van der Waals surface area contributed by atoms with E-state index >= 15 is 0 Å². The van der Waals surface area contributed by atoms with E-state index in [-0.39, 0.29) is 5.82 Å². The van der Waals surface area contributed by atoms with E-state index in [1.807, 2.05) is 0 Å². The maximum absolute atomic E-state index is 10.4. The van der Waals surface area contributed by atoms with Crippen LogP contribution in [0.25, 0.3) is 11.2 Å². The van der Waals surface area contributed by atoms with Crippen molar-refractivity contribution in [2.45, 2.75) is 44.8 Å². The number of hydrogen-bond donors (Lipinski definition) is 3. The molecule has 1 fully saturated rings. The van der Waals surface area contributed by atoms with Crippen LogP contribution in [0.1, 0.15) is 26.5 Å². The van der Waals surface area contributed by atoms with Crippen molar-refractivity contribution in [2.24, 2.45) is 5.92 Å². The Labute approximate surface area is 144 Å². The minimum absolute atomic E-state index is 0.271. The number of nitrogens with zero attached hydrogens (tertiary/aromatic N) is 4. The molecule has 132 valence electrons. The molecule has 4 N–H and O–H groups in total. The molecular weight excluding hydrogens is 330 g/mol. The number of thioether (sulfide) groups is 1. The van der Waals surface area contributed by atoms with Crippen molar-refractivity contribution in [1.29, 1.82) is 0 Å². The predicted molar refractivity (Wildman–Crippen MR) is 92.4 cm³/mol. The Hall–Kier alpha value is -1.42. The molecule has 3 rings (SSSR count). The van der Waals surface area contributed by atoms with Crippen LogP contribution in [0.4, 0.5) is 5.82 Å². The smallest absolute Gasteiger partial charge is 0.167 e. The van der Waals surface area contributed by atoms with Gasteiger partial charge in [0.15, 0.2) is 17.7 Å². The van der Waals surface area contributed by atoms with Gasteiger partial charge >= 0.3 is 0 Å². The number of aliphatic hydroxyl groups is 2. The summed E-state index contributed by atoms with van der Waals surface area (Å²) in [6.07, 6.45) is 0.792. The summed E-state index contributed by atoms with van der Waals surface area (Å²) in [6.45, 7) is 4.36. The fraction of sp³-hybridized carbons (Fsp3) is 0.667. The summed E-state index contributed by atoms with van der Waals surface area (Å²) in [4.78, 5) is 12.2. The lowest BCUT2D eigenvalue weighted by molar-refractivity contribution is -0.0289. The van der Waals surface area contributed by atoms with Gasteiger partial charge in [0, 0.05) is 5.75 Å². The lowest BCUT2D eigenvalue weighted by atomic mass is 10.1. The van der Waals surface area contributed by atoms with Crippen molar-refractivity contribution in [3.63, 3.8) is 0 Å².